The largest absolute Gasteiger partial charge is 0.497 e. The van der Waals surface area contributed by atoms with Crippen LogP contribution in [-0.2, 0) is 4.79 Å². The molecule has 0 aromatic heterocycles. The van der Waals surface area contributed by atoms with Gasteiger partial charge in [-0.2, -0.15) is 0 Å². The highest BCUT2D eigenvalue weighted by Crippen LogP contribution is 2.21. The van der Waals surface area contributed by atoms with Gasteiger partial charge in [0.05, 0.1) is 7.11 Å². The summed E-state index contributed by atoms with van der Waals surface area (Å²) in [4.78, 5) is 12.3. The molecule has 0 aliphatic rings. The van der Waals surface area contributed by atoms with E-state index in [1.165, 1.54) is 24.3 Å². The van der Waals surface area contributed by atoms with E-state index in [0.29, 0.717) is 17.2 Å². The molecule has 1 N–H and O–H groups in total. The van der Waals surface area contributed by atoms with E-state index < -0.39 is 5.60 Å². The molecule has 0 bridgehead atoms. The minimum Gasteiger partial charge on any atom is -0.497 e. The minimum atomic E-state index is -1.10. The molecular formula is C17H18FNO3. The fraction of sp³-hybridized carbons (Fsp3) is 0.235. The van der Waals surface area contributed by atoms with Gasteiger partial charge in [-0.1, -0.05) is 0 Å². The van der Waals surface area contributed by atoms with Crippen molar-refractivity contribution in [3.05, 3.63) is 54.3 Å². The zero-order valence-corrected chi connectivity index (χ0v) is 12.7. The molecule has 0 aliphatic carbocycles. The number of anilines is 1. The summed E-state index contributed by atoms with van der Waals surface area (Å²) in [6.45, 7) is 3.30. The molecule has 22 heavy (non-hydrogen) atoms. The first-order valence-electron chi connectivity index (χ1n) is 6.81. The molecule has 0 aliphatic heterocycles. The predicted octanol–water partition coefficient (Wildman–Crippen LogP) is 3.63. The van der Waals surface area contributed by atoms with Crippen LogP contribution < -0.4 is 14.8 Å². The summed E-state index contributed by atoms with van der Waals surface area (Å²) in [7, 11) is 1.58. The van der Waals surface area contributed by atoms with E-state index in [2.05, 4.69) is 5.32 Å². The number of amides is 1. The van der Waals surface area contributed by atoms with E-state index in [4.69, 9.17) is 9.47 Å². The molecule has 0 atom stereocenters. The first-order chi connectivity index (χ1) is 10.4. The van der Waals surface area contributed by atoms with Crippen molar-refractivity contribution < 1.29 is 18.7 Å². The van der Waals surface area contributed by atoms with Gasteiger partial charge in [0.15, 0.2) is 5.60 Å². The molecule has 0 saturated heterocycles. The van der Waals surface area contributed by atoms with Gasteiger partial charge in [0.2, 0.25) is 0 Å². The summed E-state index contributed by atoms with van der Waals surface area (Å²) in [6.07, 6.45) is 0. The van der Waals surface area contributed by atoms with Crippen LogP contribution in [0.4, 0.5) is 10.1 Å². The molecule has 4 nitrogen and oxygen atoms in total. The Bertz CT molecular complexity index is 636. The Morgan fingerprint density at radius 3 is 2.09 bits per heavy atom. The van der Waals surface area contributed by atoms with Crippen LogP contribution in [0.15, 0.2) is 48.5 Å². The van der Waals surface area contributed by atoms with Gasteiger partial charge in [-0.15, -0.1) is 0 Å². The Labute approximate surface area is 128 Å². The Morgan fingerprint density at radius 2 is 1.55 bits per heavy atom. The summed E-state index contributed by atoms with van der Waals surface area (Å²) in [5, 5.41) is 2.77. The zero-order valence-electron chi connectivity index (χ0n) is 12.7. The number of carbonyl (C=O) groups excluding carboxylic acids is 1. The van der Waals surface area contributed by atoms with Crippen LogP contribution >= 0.6 is 0 Å². The first kappa shape index (κ1) is 15.8. The number of carbonyl (C=O) groups is 1. The lowest BCUT2D eigenvalue weighted by Gasteiger charge is -2.25. The third-order valence-corrected chi connectivity index (χ3v) is 3.08. The van der Waals surface area contributed by atoms with Gasteiger partial charge in [0, 0.05) is 5.69 Å². The number of methoxy groups -OCH3 is 1. The number of nitrogens with one attached hydrogen (secondary N) is 1. The maximum Gasteiger partial charge on any atom is 0.267 e. The second kappa shape index (κ2) is 6.47. The third-order valence-electron chi connectivity index (χ3n) is 3.08. The van der Waals surface area contributed by atoms with E-state index in [1.807, 2.05) is 0 Å². The predicted molar refractivity (Wildman–Crippen MR) is 82.7 cm³/mol. The van der Waals surface area contributed by atoms with Crippen LogP contribution in [0.25, 0.3) is 0 Å². The molecule has 2 rings (SSSR count). The third kappa shape index (κ3) is 3.97. The summed E-state index contributed by atoms with van der Waals surface area (Å²) in [5.41, 5.74) is -0.459. The Morgan fingerprint density at radius 1 is 1.00 bits per heavy atom. The highest BCUT2D eigenvalue weighted by molar-refractivity contribution is 5.97. The molecule has 0 unspecified atom stereocenters. The lowest BCUT2D eigenvalue weighted by Crippen LogP contribution is -2.42. The summed E-state index contributed by atoms with van der Waals surface area (Å²) in [6, 6.07) is 12.5. The lowest BCUT2D eigenvalue weighted by molar-refractivity contribution is -0.128. The van der Waals surface area contributed by atoms with E-state index in [0.717, 1.165) is 0 Å². The lowest BCUT2D eigenvalue weighted by atomic mass is 10.1. The van der Waals surface area contributed by atoms with Gasteiger partial charge >= 0.3 is 0 Å². The summed E-state index contributed by atoms with van der Waals surface area (Å²) >= 11 is 0. The molecular weight excluding hydrogens is 285 g/mol. The molecule has 0 heterocycles. The Kier molecular flexibility index (Phi) is 4.65. The van der Waals surface area contributed by atoms with Crippen molar-refractivity contribution in [3.63, 3.8) is 0 Å². The average molecular weight is 303 g/mol. The van der Waals surface area contributed by atoms with Gasteiger partial charge < -0.3 is 14.8 Å². The second-order valence-corrected chi connectivity index (χ2v) is 5.25. The van der Waals surface area contributed by atoms with E-state index in [9.17, 15) is 9.18 Å². The summed E-state index contributed by atoms with van der Waals surface area (Å²) < 4.78 is 23.6. The fourth-order valence-corrected chi connectivity index (χ4v) is 1.80. The van der Waals surface area contributed by atoms with Crippen LogP contribution in [-0.4, -0.2) is 18.6 Å². The van der Waals surface area contributed by atoms with Gasteiger partial charge in [-0.3, -0.25) is 4.79 Å². The van der Waals surface area contributed by atoms with Crippen molar-refractivity contribution in [1.82, 2.24) is 0 Å². The molecule has 0 fully saturated rings. The molecule has 0 saturated carbocycles. The fourth-order valence-electron chi connectivity index (χ4n) is 1.80. The van der Waals surface area contributed by atoms with E-state index in [-0.39, 0.29) is 11.7 Å². The highest BCUT2D eigenvalue weighted by Gasteiger charge is 2.30. The van der Waals surface area contributed by atoms with Crippen molar-refractivity contribution in [2.45, 2.75) is 19.4 Å². The van der Waals surface area contributed by atoms with E-state index >= 15 is 0 Å². The van der Waals surface area contributed by atoms with Gasteiger partial charge in [0.1, 0.15) is 17.3 Å². The monoisotopic (exact) mass is 303 g/mol. The molecule has 0 spiro atoms. The molecule has 5 heteroatoms. The Balaban J connectivity index is 2.04. The van der Waals surface area contributed by atoms with E-state index in [1.54, 1.807) is 45.2 Å². The summed E-state index contributed by atoms with van der Waals surface area (Å²) in [5.74, 6) is 0.478. The van der Waals surface area contributed by atoms with Crippen LogP contribution in [0.1, 0.15) is 13.8 Å². The van der Waals surface area contributed by atoms with Crippen molar-refractivity contribution in [2.24, 2.45) is 0 Å². The molecule has 116 valence electrons. The molecule has 2 aromatic carbocycles. The van der Waals surface area contributed by atoms with Crippen LogP contribution in [0, 0.1) is 5.82 Å². The molecule has 2 aromatic rings. The molecule has 1 amide bonds. The number of hydrogen-bond acceptors (Lipinski definition) is 3. The SMILES string of the molecule is COc1ccc(NC(=O)C(C)(C)Oc2ccc(F)cc2)cc1. The Hall–Kier alpha value is -2.56. The maximum atomic E-state index is 12.9. The van der Waals surface area contributed by atoms with Crippen molar-refractivity contribution in [3.8, 4) is 11.5 Å². The number of hydrogen-bond donors (Lipinski definition) is 1. The van der Waals surface area contributed by atoms with Crippen LogP contribution in [0.3, 0.4) is 0 Å². The maximum absolute atomic E-state index is 12.9. The normalized spacial score (nSPS) is 10.9. The number of halogens is 1. The zero-order chi connectivity index (χ0) is 16.2. The minimum absolute atomic E-state index is 0.304. The topological polar surface area (TPSA) is 47.6 Å². The van der Waals surface area contributed by atoms with Crippen molar-refractivity contribution >= 4 is 11.6 Å². The second-order valence-electron chi connectivity index (χ2n) is 5.25. The number of benzene rings is 2. The smallest absolute Gasteiger partial charge is 0.267 e. The first-order valence-corrected chi connectivity index (χ1v) is 6.81. The van der Waals surface area contributed by atoms with Crippen LogP contribution in [0.5, 0.6) is 11.5 Å². The number of ether oxygens (including phenoxy) is 2. The van der Waals surface area contributed by atoms with Gasteiger partial charge in [0.25, 0.3) is 5.91 Å². The quantitative estimate of drug-likeness (QED) is 0.917. The van der Waals surface area contributed by atoms with Crippen molar-refractivity contribution in [2.75, 3.05) is 12.4 Å². The average Bonchev–Trinajstić information content (AvgIpc) is 2.50. The van der Waals surface area contributed by atoms with Gasteiger partial charge in [-0.25, -0.2) is 4.39 Å². The van der Waals surface area contributed by atoms with Gasteiger partial charge in [-0.05, 0) is 62.4 Å². The number of rotatable bonds is 5. The molecule has 0 radical (unpaired) electrons. The van der Waals surface area contributed by atoms with Crippen LogP contribution in [0.2, 0.25) is 0 Å². The highest BCUT2D eigenvalue weighted by atomic mass is 19.1. The standard InChI is InChI=1S/C17H18FNO3/c1-17(2,22-15-8-4-12(18)5-9-15)16(20)19-13-6-10-14(21-3)11-7-13/h4-11H,1-3H3,(H,19,20). The van der Waals surface area contributed by atoms with Crippen molar-refractivity contribution in [1.29, 1.82) is 0 Å².